The third kappa shape index (κ3) is 6.21. The van der Waals surface area contributed by atoms with Gasteiger partial charge in [-0.15, -0.1) is 0 Å². The highest BCUT2D eigenvalue weighted by atomic mass is 16.5. The van der Waals surface area contributed by atoms with Crippen LogP contribution in [0.3, 0.4) is 0 Å². The monoisotopic (exact) mass is 418 g/mol. The number of amides is 2. The highest BCUT2D eigenvalue weighted by Crippen LogP contribution is 2.22. The van der Waals surface area contributed by atoms with E-state index in [4.69, 9.17) is 9.47 Å². The summed E-state index contributed by atoms with van der Waals surface area (Å²) < 4.78 is 10.7. The van der Waals surface area contributed by atoms with Crippen LogP contribution in [0.1, 0.15) is 64.2 Å². The lowest BCUT2D eigenvalue weighted by Crippen LogP contribution is -2.50. The normalized spacial score (nSPS) is 19.9. The predicted molar refractivity (Wildman–Crippen MR) is 114 cm³/mol. The largest absolute Gasteiger partial charge is 0.494 e. The number of nitrogens with zero attached hydrogens (tertiary/aromatic N) is 1. The van der Waals surface area contributed by atoms with Gasteiger partial charge in [0.25, 0.3) is 11.8 Å². The second-order valence-corrected chi connectivity index (χ2v) is 8.19. The maximum atomic E-state index is 12.6. The number of rotatable bonds is 8. The van der Waals surface area contributed by atoms with E-state index in [0.717, 1.165) is 19.3 Å². The van der Waals surface area contributed by atoms with Gasteiger partial charge >= 0.3 is 5.97 Å². The maximum Gasteiger partial charge on any atom is 0.329 e. The summed E-state index contributed by atoms with van der Waals surface area (Å²) in [4.78, 5) is 39.6. The number of esters is 1. The Hall–Kier alpha value is -2.57. The number of ether oxygens (including phenoxy) is 2. The van der Waals surface area contributed by atoms with Gasteiger partial charge in [0.1, 0.15) is 11.8 Å². The van der Waals surface area contributed by atoms with E-state index in [1.165, 1.54) is 0 Å². The number of nitrogens with one attached hydrogen (secondary N) is 1. The molecule has 0 spiro atoms. The Balaban J connectivity index is 1.95. The number of carbonyl (C=O) groups is 3. The zero-order valence-corrected chi connectivity index (χ0v) is 18.6. The molecule has 2 amide bonds. The van der Waals surface area contributed by atoms with Gasteiger partial charge in [0, 0.05) is 17.6 Å². The van der Waals surface area contributed by atoms with Gasteiger partial charge in [0.15, 0.2) is 6.61 Å². The Morgan fingerprint density at radius 1 is 1.10 bits per heavy atom. The van der Waals surface area contributed by atoms with Crippen LogP contribution < -0.4 is 10.1 Å². The lowest BCUT2D eigenvalue weighted by Gasteiger charge is -2.39. The molecule has 2 rings (SSSR count). The molecule has 7 heteroatoms. The highest BCUT2D eigenvalue weighted by Gasteiger charge is 2.31. The van der Waals surface area contributed by atoms with Crippen molar-refractivity contribution in [2.24, 2.45) is 5.92 Å². The van der Waals surface area contributed by atoms with Gasteiger partial charge in [-0.2, -0.15) is 0 Å². The fourth-order valence-corrected chi connectivity index (χ4v) is 3.80. The first kappa shape index (κ1) is 23.7. The molecule has 1 heterocycles. The van der Waals surface area contributed by atoms with Gasteiger partial charge in [-0.05, 0) is 70.2 Å². The first-order valence-corrected chi connectivity index (χ1v) is 10.8. The van der Waals surface area contributed by atoms with Crippen molar-refractivity contribution in [2.45, 2.75) is 72.0 Å². The van der Waals surface area contributed by atoms with Crippen LogP contribution in [0.4, 0.5) is 0 Å². The summed E-state index contributed by atoms with van der Waals surface area (Å²) in [7, 11) is 0. The molecule has 1 fully saturated rings. The predicted octanol–water partition coefficient (Wildman–Crippen LogP) is 3.17. The molecular weight excluding hydrogens is 384 g/mol. The summed E-state index contributed by atoms with van der Waals surface area (Å²) in [6.07, 6.45) is 3.01. The molecule has 1 aromatic rings. The van der Waals surface area contributed by atoms with Crippen molar-refractivity contribution >= 4 is 17.8 Å². The minimum absolute atomic E-state index is 0.139. The first-order valence-electron chi connectivity index (χ1n) is 10.8. The van der Waals surface area contributed by atoms with Gasteiger partial charge in [-0.1, -0.05) is 13.8 Å². The second-order valence-electron chi connectivity index (χ2n) is 8.19. The fraction of sp³-hybridized carbons (Fsp3) is 0.609. The molecule has 0 aromatic heterocycles. The molecule has 0 aliphatic carbocycles. The minimum atomic E-state index is -0.840. The third-order valence-corrected chi connectivity index (χ3v) is 5.45. The molecule has 1 aliphatic heterocycles. The summed E-state index contributed by atoms with van der Waals surface area (Å²) in [6, 6.07) is 6.15. The zero-order chi connectivity index (χ0) is 22.3. The molecule has 1 aromatic carbocycles. The molecule has 0 radical (unpaired) electrons. The van der Waals surface area contributed by atoms with Gasteiger partial charge in [0.05, 0.1) is 6.61 Å². The van der Waals surface area contributed by atoms with E-state index in [2.05, 4.69) is 5.32 Å². The van der Waals surface area contributed by atoms with Gasteiger partial charge in [-0.25, -0.2) is 4.79 Å². The van der Waals surface area contributed by atoms with Crippen LogP contribution in [0.15, 0.2) is 24.3 Å². The summed E-state index contributed by atoms with van der Waals surface area (Å²) in [5.41, 5.74) is 0.420. The Labute approximate surface area is 179 Å². The van der Waals surface area contributed by atoms with E-state index in [-0.39, 0.29) is 36.4 Å². The van der Waals surface area contributed by atoms with E-state index in [0.29, 0.717) is 17.9 Å². The smallest absolute Gasteiger partial charge is 0.329 e. The topological polar surface area (TPSA) is 84.9 Å². The number of likely N-dealkylation sites (tertiary alicyclic amines) is 1. The summed E-state index contributed by atoms with van der Waals surface area (Å²) in [5.74, 6) is -0.683. The van der Waals surface area contributed by atoms with E-state index >= 15 is 0 Å². The lowest BCUT2D eigenvalue weighted by molar-refractivity contribution is -0.157. The average molecular weight is 419 g/mol. The Morgan fingerprint density at radius 3 is 2.23 bits per heavy atom. The number of piperidine rings is 1. The summed E-state index contributed by atoms with van der Waals surface area (Å²) >= 11 is 0. The van der Waals surface area contributed by atoms with E-state index < -0.39 is 12.0 Å². The Bertz CT molecular complexity index is 722. The van der Waals surface area contributed by atoms with Crippen LogP contribution in [0.5, 0.6) is 5.75 Å². The Morgan fingerprint density at radius 2 is 1.70 bits per heavy atom. The molecule has 1 aliphatic rings. The third-order valence-electron chi connectivity index (χ3n) is 5.45. The van der Waals surface area contributed by atoms with Gasteiger partial charge in [-0.3, -0.25) is 9.59 Å². The molecule has 1 saturated heterocycles. The molecule has 7 nitrogen and oxygen atoms in total. The molecule has 0 bridgehead atoms. The van der Waals surface area contributed by atoms with Crippen molar-refractivity contribution in [3.8, 4) is 5.75 Å². The van der Waals surface area contributed by atoms with Gasteiger partial charge in [0.2, 0.25) is 0 Å². The van der Waals surface area contributed by atoms with E-state index in [1.54, 1.807) is 29.2 Å². The zero-order valence-electron chi connectivity index (χ0n) is 18.6. The SMILES string of the molecule is CCOc1ccc(C(=O)NC(C(=O)OCC(=O)N2C(C)CCCC2C)C(C)C)cc1. The number of carbonyl (C=O) groups excluding carboxylic acids is 3. The van der Waals surface area contributed by atoms with Crippen LogP contribution in [0.2, 0.25) is 0 Å². The number of hydrogen-bond acceptors (Lipinski definition) is 5. The van der Waals surface area contributed by atoms with E-state index in [9.17, 15) is 14.4 Å². The van der Waals surface area contributed by atoms with E-state index in [1.807, 2.05) is 34.6 Å². The molecule has 0 saturated carbocycles. The standard InChI is InChI=1S/C23H34N2O5/c1-6-29-19-12-10-18(11-13-19)22(27)24-21(15(2)3)23(28)30-14-20(26)25-16(4)8-7-9-17(25)5/h10-13,15-17,21H,6-9,14H2,1-5H3,(H,24,27). The van der Waals surface area contributed by atoms with Crippen molar-refractivity contribution in [1.82, 2.24) is 10.2 Å². The van der Waals surface area contributed by atoms with Crippen LogP contribution in [-0.2, 0) is 14.3 Å². The number of hydrogen-bond donors (Lipinski definition) is 1. The van der Waals surface area contributed by atoms with Crippen molar-refractivity contribution in [2.75, 3.05) is 13.2 Å². The number of benzene rings is 1. The highest BCUT2D eigenvalue weighted by molar-refractivity contribution is 5.97. The Kier molecular flexibility index (Phi) is 8.69. The molecule has 1 N–H and O–H groups in total. The van der Waals surface area contributed by atoms with Crippen molar-refractivity contribution < 1.29 is 23.9 Å². The summed E-state index contributed by atoms with van der Waals surface area (Å²) in [6.45, 7) is 9.79. The molecular formula is C23H34N2O5. The molecule has 30 heavy (non-hydrogen) atoms. The van der Waals surface area contributed by atoms with Crippen LogP contribution in [0, 0.1) is 5.92 Å². The van der Waals surface area contributed by atoms with Crippen LogP contribution in [0.25, 0.3) is 0 Å². The molecule has 3 atom stereocenters. The quantitative estimate of drug-likeness (QED) is 0.656. The fourth-order valence-electron chi connectivity index (χ4n) is 3.80. The van der Waals surface area contributed by atoms with Crippen molar-refractivity contribution in [3.63, 3.8) is 0 Å². The second kappa shape index (κ2) is 11.0. The van der Waals surface area contributed by atoms with Gasteiger partial charge < -0.3 is 19.7 Å². The average Bonchev–Trinajstić information content (AvgIpc) is 2.70. The molecule has 3 unspecified atom stereocenters. The maximum absolute atomic E-state index is 12.6. The molecule has 166 valence electrons. The van der Waals surface area contributed by atoms with Crippen molar-refractivity contribution in [1.29, 1.82) is 0 Å². The van der Waals surface area contributed by atoms with Crippen LogP contribution in [-0.4, -0.2) is 54.0 Å². The lowest BCUT2D eigenvalue weighted by atomic mass is 9.97. The minimum Gasteiger partial charge on any atom is -0.494 e. The van der Waals surface area contributed by atoms with Crippen LogP contribution >= 0.6 is 0 Å². The first-order chi connectivity index (χ1) is 14.2. The van der Waals surface area contributed by atoms with Crippen molar-refractivity contribution in [3.05, 3.63) is 29.8 Å². The summed E-state index contributed by atoms with van der Waals surface area (Å²) in [5, 5.41) is 2.73.